The molecular formula is C12H20BrN3O2. The number of methoxy groups -OCH3 is 2. The lowest BCUT2D eigenvalue weighted by Gasteiger charge is -2.29. The molecule has 0 aromatic carbocycles. The monoisotopic (exact) mass is 317 g/mol. The Bertz CT molecular complexity index is 356. The average molecular weight is 318 g/mol. The van der Waals surface area contributed by atoms with Gasteiger partial charge in [0.25, 0.3) is 0 Å². The van der Waals surface area contributed by atoms with E-state index in [0.717, 1.165) is 22.8 Å². The Morgan fingerprint density at radius 1 is 1.33 bits per heavy atom. The molecule has 0 aliphatic heterocycles. The topological polar surface area (TPSA) is 47.5 Å². The fourth-order valence-electron chi connectivity index (χ4n) is 1.75. The molecule has 0 aliphatic rings. The van der Waals surface area contributed by atoms with Crippen LogP contribution < -0.4 is 4.90 Å². The number of anilines is 1. The Hall–Kier alpha value is -0.720. The maximum absolute atomic E-state index is 5.21. The Kier molecular flexibility index (Phi) is 6.52. The van der Waals surface area contributed by atoms with Crippen LogP contribution in [0.15, 0.2) is 10.7 Å². The molecule has 1 atom stereocenters. The summed E-state index contributed by atoms with van der Waals surface area (Å²) in [5, 5.41) is 0. The van der Waals surface area contributed by atoms with E-state index in [2.05, 4.69) is 37.7 Å². The van der Waals surface area contributed by atoms with Gasteiger partial charge in [0.05, 0.1) is 19.3 Å². The zero-order valence-corrected chi connectivity index (χ0v) is 12.9. The highest BCUT2D eigenvalue weighted by Crippen LogP contribution is 2.18. The molecule has 0 bridgehead atoms. The maximum atomic E-state index is 5.21. The van der Waals surface area contributed by atoms with Crippen molar-refractivity contribution in [2.45, 2.75) is 19.9 Å². The molecule has 1 aromatic heterocycles. The van der Waals surface area contributed by atoms with Crippen LogP contribution in [0.1, 0.15) is 12.7 Å². The fourth-order valence-corrected chi connectivity index (χ4v) is 2.21. The third-order valence-electron chi connectivity index (χ3n) is 2.56. The van der Waals surface area contributed by atoms with Gasteiger partial charge in [-0.3, -0.25) is 0 Å². The largest absolute Gasteiger partial charge is 0.383 e. The summed E-state index contributed by atoms with van der Waals surface area (Å²) in [5.41, 5.74) is 0. The fraction of sp³-hybridized carbons (Fsp3) is 0.667. The Labute approximate surface area is 117 Å². The van der Waals surface area contributed by atoms with Crippen LogP contribution in [0.3, 0.4) is 0 Å². The molecule has 0 fully saturated rings. The smallest absolute Gasteiger partial charge is 0.133 e. The van der Waals surface area contributed by atoms with Crippen molar-refractivity contribution in [2.24, 2.45) is 0 Å². The molecule has 0 saturated heterocycles. The maximum Gasteiger partial charge on any atom is 0.133 e. The molecule has 0 aliphatic carbocycles. The van der Waals surface area contributed by atoms with Crippen molar-refractivity contribution in [3.05, 3.63) is 16.5 Å². The predicted molar refractivity (Wildman–Crippen MR) is 75.0 cm³/mol. The van der Waals surface area contributed by atoms with Gasteiger partial charge in [0.15, 0.2) is 0 Å². The second-order valence-corrected chi connectivity index (χ2v) is 4.90. The van der Waals surface area contributed by atoms with E-state index in [1.807, 2.05) is 13.0 Å². The minimum Gasteiger partial charge on any atom is -0.383 e. The molecule has 0 radical (unpaired) electrons. The highest BCUT2D eigenvalue weighted by atomic mass is 79.9. The summed E-state index contributed by atoms with van der Waals surface area (Å²) in [7, 11) is 3.40. The SMILES string of the molecule is COCCN(c1cc(Br)nc(C)n1)C(C)COC. The lowest BCUT2D eigenvalue weighted by molar-refractivity contribution is 0.170. The van der Waals surface area contributed by atoms with Gasteiger partial charge in [0, 0.05) is 26.8 Å². The molecule has 1 heterocycles. The van der Waals surface area contributed by atoms with Crippen LogP contribution in [0.5, 0.6) is 0 Å². The van der Waals surface area contributed by atoms with Crippen molar-refractivity contribution in [1.82, 2.24) is 9.97 Å². The van der Waals surface area contributed by atoms with E-state index in [1.54, 1.807) is 14.2 Å². The summed E-state index contributed by atoms with van der Waals surface area (Å²) in [6.07, 6.45) is 0. The molecule has 5 nitrogen and oxygen atoms in total. The molecule has 0 spiro atoms. The van der Waals surface area contributed by atoms with Crippen LogP contribution in [0, 0.1) is 6.92 Å². The molecule has 0 amide bonds. The lowest BCUT2D eigenvalue weighted by Crippen LogP contribution is -2.39. The van der Waals surface area contributed by atoms with Crippen molar-refractivity contribution in [1.29, 1.82) is 0 Å². The van der Waals surface area contributed by atoms with Gasteiger partial charge >= 0.3 is 0 Å². The number of nitrogens with zero attached hydrogens (tertiary/aromatic N) is 3. The molecule has 0 saturated carbocycles. The average Bonchev–Trinajstić information content (AvgIpc) is 2.28. The Morgan fingerprint density at radius 3 is 2.61 bits per heavy atom. The van der Waals surface area contributed by atoms with E-state index in [-0.39, 0.29) is 6.04 Å². The minimum atomic E-state index is 0.228. The van der Waals surface area contributed by atoms with Gasteiger partial charge in [-0.2, -0.15) is 0 Å². The summed E-state index contributed by atoms with van der Waals surface area (Å²) in [5.74, 6) is 1.63. The number of hydrogen-bond acceptors (Lipinski definition) is 5. The van der Waals surface area contributed by atoms with E-state index in [4.69, 9.17) is 9.47 Å². The van der Waals surface area contributed by atoms with Crippen molar-refractivity contribution < 1.29 is 9.47 Å². The summed E-state index contributed by atoms with van der Waals surface area (Å²) >= 11 is 3.40. The van der Waals surface area contributed by atoms with Crippen molar-refractivity contribution in [3.8, 4) is 0 Å². The molecule has 1 aromatic rings. The van der Waals surface area contributed by atoms with Crippen LogP contribution in [-0.4, -0.2) is 50.0 Å². The lowest BCUT2D eigenvalue weighted by atomic mass is 10.3. The van der Waals surface area contributed by atoms with Gasteiger partial charge in [0.2, 0.25) is 0 Å². The number of hydrogen-bond donors (Lipinski definition) is 0. The highest BCUT2D eigenvalue weighted by molar-refractivity contribution is 9.10. The van der Waals surface area contributed by atoms with E-state index >= 15 is 0 Å². The van der Waals surface area contributed by atoms with Crippen LogP contribution in [0.2, 0.25) is 0 Å². The Balaban J connectivity index is 2.92. The summed E-state index contributed by atoms with van der Waals surface area (Å²) in [6, 6.07) is 2.14. The zero-order chi connectivity index (χ0) is 13.5. The van der Waals surface area contributed by atoms with Crippen LogP contribution in [-0.2, 0) is 9.47 Å². The first-order valence-corrected chi connectivity index (χ1v) is 6.63. The van der Waals surface area contributed by atoms with E-state index in [1.165, 1.54) is 0 Å². The van der Waals surface area contributed by atoms with E-state index in [0.29, 0.717) is 13.2 Å². The van der Waals surface area contributed by atoms with E-state index < -0.39 is 0 Å². The minimum absolute atomic E-state index is 0.228. The van der Waals surface area contributed by atoms with Crippen molar-refractivity contribution in [3.63, 3.8) is 0 Å². The zero-order valence-electron chi connectivity index (χ0n) is 11.3. The van der Waals surface area contributed by atoms with Gasteiger partial charge < -0.3 is 14.4 Å². The first-order chi connectivity index (χ1) is 8.58. The van der Waals surface area contributed by atoms with Crippen molar-refractivity contribution >= 4 is 21.7 Å². The number of rotatable bonds is 7. The van der Waals surface area contributed by atoms with Gasteiger partial charge in [-0.1, -0.05) is 0 Å². The molecule has 1 rings (SSSR count). The first-order valence-electron chi connectivity index (χ1n) is 5.84. The molecule has 1 unspecified atom stereocenters. The van der Waals surface area contributed by atoms with Crippen molar-refractivity contribution in [2.75, 3.05) is 38.9 Å². The number of ether oxygens (including phenoxy) is 2. The summed E-state index contributed by atoms with van der Waals surface area (Å²) in [4.78, 5) is 10.8. The van der Waals surface area contributed by atoms with Crippen LogP contribution in [0.25, 0.3) is 0 Å². The van der Waals surface area contributed by atoms with Gasteiger partial charge in [0.1, 0.15) is 16.2 Å². The van der Waals surface area contributed by atoms with Gasteiger partial charge in [-0.05, 0) is 29.8 Å². The summed E-state index contributed by atoms with van der Waals surface area (Å²) in [6.45, 7) is 6.04. The van der Waals surface area contributed by atoms with E-state index in [9.17, 15) is 0 Å². The standard InChI is InChI=1S/C12H20BrN3O2/c1-9(8-18-4)16(5-6-17-3)12-7-11(13)14-10(2)15-12/h7,9H,5-6,8H2,1-4H3. The normalized spacial score (nSPS) is 12.5. The number of halogens is 1. The molecular weight excluding hydrogens is 298 g/mol. The quantitative estimate of drug-likeness (QED) is 0.720. The van der Waals surface area contributed by atoms with Gasteiger partial charge in [-0.25, -0.2) is 9.97 Å². The van der Waals surface area contributed by atoms with Gasteiger partial charge in [-0.15, -0.1) is 0 Å². The molecule has 102 valence electrons. The number of aryl methyl sites for hydroxylation is 1. The van der Waals surface area contributed by atoms with Crippen LogP contribution >= 0.6 is 15.9 Å². The van der Waals surface area contributed by atoms with Crippen LogP contribution in [0.4, 0.5) is 5.82 Å². The highest BCUT2D eigenvalue weighted by Gasteiger charge is 2.16. The first kappa shape index (κ1) is 15.3. The molecule has 18 heavy (non-hydrogen) atoms. The third kappa shape index (κ3) is 4.51. The molecule has 0 N–H and O–H groups in total. The summed E-state index contributed by atoms with van der Waals surface area (Å²) < 4.78 is 11.1. The molecule has 6 heteroatoms. The predicted octanol–water partition coefficient (Wildman–Crippen LogP) is 2.04. The Morgan fingerprint density at radius 2 is 2.06 bits per heavy atom. The second kappa shape index (κ2) is 7.66. The number of aromatic nitrogens is 2. The third-order valence-corrected chi connectivity index (χ3v) is 2.97. The second-order valence-electron chi connectivity index (χ2n) is 4.09.